The van der Waals surface area contributed by atoms with Gasteiger partial charge in [-0.3, -0.25) is 0 Å². The second-order valence-electron chi connectivity index (χ2n) is 5.25. The minimum atomic E-state index is -0.641. The van der Waals surface area contributed by atoms with E-state index in [1.54, 1.807) is 0 Å². The van der Waals surface area contributed by atoms with Crippen LogP contribution in [0.3, 0.4) is 0 Å². The normalized spacial score (nSPS) is 13.4. The van der Waals surface area contributed by atoms with Crippen molar-refractivity contribution in [3.05, 3.63) is 29.6 Å². The van der Waals surface area contributed by atoms with E-state index in [1.165, 1.54) is 6.07 Å². The molecule has 0 spiro atoms. The molecule has 5 heteroatoms. The van der Waals surface area contributed by atoms with Crippen molar-refractivity contribution in [3.8, 4) is 0 Å². The molecule has 1 aromatic carbocycles. The molecule has 0 bridgehead atoms. The standard InChI is InChI=1S/C14H17ClF2N2/c1-8(2)9(3)7-19-12-5-10(16)4-11(17)14(12)18-13(19)6-15/h4-5,8-9H,6-7H2,1-3H3. The first kappa shape index (κ1) is 14.3. The zero-order chi connectivity index (χ0) is 14.2. The number of imidazole rings is 1. The van der Waals surface area contributed by atoms with Crippen LogP contribution in [-0.2, 0) is 12.4 Å². The number of alkyl halides is 1. The van der Waals surface area contributed by atoms with Crippen LogP contribution in [0.25, 0.3) is 11.0 Å². The van der Waals surface area contributed by atoms with Crippen LogP contribution in [-0.4, -0.2) is 9.55 Å². The second kappa shape index (κ2) is 5.45. The van der Waals surface area contributed by atoms with E-state index in [4.69, 9.17) is 11.6 Å². The Labute approximate surface area is 116 Å². The molecule has 1 aromatic heterocycles. The summed E-state index contributed by atoms with van der Waals surface area (Å²) < 4.78 is 28.9. The lowest BCUT2D eigenvalue weighted by Gasteiger charge is -2.18. The van der Waals surface area contributed by atoms with Crippen molar-refractivity contribution in [3.63, 3.8) is 0 Å². The number of rotatable bonds is 4. The fraction of sp³-hybridized carbons (Fsp3) is 0.500. The van der Waals surface area contributed by atoms with Gasteiger partial charge in [0, 0.05) is 12.6 Å². The maximum absolute atomic E-state index is 13.7. The summed E-state index contributed by atoms with van der Waals surface area (Å²) in [5.74, 6) is 0.362. The van der Waals surface area contributed by atoms with Crippen molar-refractivity contribution >= 4 is 22.6 Å². The molecule has 0 amide bonds. The van der Waals surface area contributed by atoms with Crippen LogP contribution in [0.5, 0.6) is 0 Å². The molecule has 0 aliphatic heterocycles. The molecule has 0 saturated heterocycles. The van der Waals surface area contributed by atoms with Gasteiger partial charge in [0.15, 0.2) is 5.82 Å². The van der Waals surface area contributed by atoms with E-state index >= 15 is 0 Å². The summed E-state index contributed by atoms with van der Waals surface area (Å²) in [4.78, 5) is 4.17. The van der Waals surface area contributed by atoms with Gasteiger partial charge in [-0.2, -0.15) is 0 Å². The first-order valence-corrected chi connectivity index (χ1v) is 6.87. The highest BCUT2D eigenvalue weighted by Crippen LogP contribution is 2.24. The van der Waals surface area contributed by atoms with E-state index in [1.807, 2.05) is 4.57 Å². The Bertz CT molecular complexity index is 593. The van der Waals surface area contributed by atoms with Gasteiger partial charge in [-0.25, -0.2) is 13.8 Å². The van der Waals surface area contributed by atoms with Crippen LogP contribution in [0.15, 0.2) is 12.1 Å². The van der Waals surface area contributed by atoms with Gasteiger partial charge in [-0.05, 0) is 17.9 Å². The molecule has 1 heterocycles. The molecule has 2 aromatic rings. The van der Waals surface area contributed by atoms with Gasteiger partial charge in [0.2, 0.25) is 0 Å². The smallest absolute Gasteiger partial charge is 0.153 e. The molecule has 0 aliphatic carbocycles. The van der Waals surface area contributed by atoms with Gasteiger partial charge >= 0.3 is 0 Å². The number of fused-ring (bicyclic) bond motifs is 1. The topological polar surface area (TPSA) is 17.8 Å². The summed E-state index contributed by atoms with van der Waals surface area (Å²) in [6.07, 6.45) is 0. The molecule has 0 saturated carbocycles. The minimum absolute atomic E-state index is 0.181. The van der Waals surface area contributed by atoms with Crippen molar-refractivity contribution in [1.29, 1.82) is 0 Å². The molecule has 0 fully saturated rings. The number of halogens is 3. The molecule has 2 rings (SSSR count). The van der Waals surface area contributed by atoms with Crippen molar-refractivity contribution in [2.24, 2.45) is 11.8 Å². The lowest BCUT2D eigenvalue weighted by Crippen LogP contribution is -2.14. The zero-order valence-corrected chi connectivity index (χ0v) is 12.0. The summed E-state index contributed by atoms with van der Waals surface area (Å²) in [5.41, 5.74) is 0.661. The SMILES string of the molecule is CC(C)C(C)Cn1c(CCl)nc2c(F)cc(F)cc21. The third kappa shape index (κ3) is 2.73. The Balaban J connectivity index is 2.57. The Morgan fingerprint density at radius 1 is 1.26 bits per heavy atom. The fourth-order valence-electron chi connectivity index (χ4n) is 2.00. The monoisotopic (exact) mass is 286 g/mol. The van der Waals surface area contributed by atoms with Crippen LogP contribution < -0.4 is 0 Å². The summed E-state index contributed by atoms with van der Waals surface area (Å²) in [7, 11) is 0. The van der Waals surface area contributed by atoms with Gasteiger partial charge in [0.1, 0.15) is 17.2 Å². The first-order chi connectivity index (χ1) is 8.93. The Morgan fingerprint density at radius 2 is 1.95 bits per heavy atom. The molecule has 2 nitrogen and oxygen atoms in total. The summed E-state index contributed by atoms with van der Waals surface area (Å²) >= 11 is 5.86. The average molecular weight is 287 g/mol. The maximum atomic E-state index is 13.7. The van der Waals surface area contributed by atoms with Gasteiger partial charge in [0.05, 0.1) is 11.4 Å². The van der Waals surface area contributed by atoms with E-state index < -0.39 is 11.6 Å². The van der Waals surface area contributed by atoms with Gasteiger partial charge in [0.25, 0.3) is 0 Å². The third-order valence-electron chi connectivity index (χ3n) is 3.58. The van der Waals surface area contributed by atoms with E-state index in [2.05, 4.69) is 25.8 Å². The van der Waals surface area contributed by atoms with Crippen LogP contribution in [0.1, 0.15) is 26.6 Å². The molecule has 1 atom stereocenters. The zero-order valence-electron chi connectivity index (χ0n) is 11.3. The van der Waals surface area contributed by atoms with E-state index in [0.29, 0.717) is 29.7 Å². The van der Waals surface area contributed by atoms with E-state index in [-0.39, 0.29) is 11.4 Å². The number of hydrogen-bond donors (Lipinski definition) is 0. The molecule has 0 N–H and O–H groups in total. The number of benzene rings is 1. The van der Waals surface area contributed by atoms with E-state index in [9.17, 15) is 8.78 Å². The summed E-state index contributed by atoms with van der Waals surface area (Å²) in [6.45, 7) is 6.99. The molecule has 1 unspecified atom stereocenters. The molecular weight excluding hydrogens is 270 g/mol. The summed E-state index contributed by atoms with van der Waals surface area (Å²) in [5, 5.41) is 0. The van der Waals surface area contributed by atoms with Crippen molar-refractivity contribution in [2.45, 2.75) is 33.2 Å². The largest absolute Gasteiger partial charge is 0.327 e. The van der Waals surface area contributed by atoms with Crippen molar-refractivity contribution in [1.82, 2.24) is 9.55 Å². The Kier molecular flexibility index (Phi) is 4.09. The van der Waals surface area contributed by atoms with Crippen LogP contribution in [0.4, 0.5) is 8.78 Å². The molecule has 19 heavy (non-hydrogen) atoms. The third-order valence-corrected chi connectivity index (χ3v) is 3.82. The van der Waals surface area contributed by atoms with Gasteiger partial charge in [-0.15, -0.1) is 11.6 Å². The molecule has 104 valence electrons. The predicted molar refractivity (Wildman–Crippen MR) is 73.2 cm³/mol. The first-order valence-electron chi connectivity index (χ1n) is 6.34. The van der Waals surface area contributed by atoms with E-state index in [0.717, 1.165) is 6.07 Å². The highest BCUT2D eigenvalue weighted by atomic mass is 35.5. The van der Waals surface area contributed by atoms with Gasteiger partial charge < -0.3 is 4.57 Å². The van der Waals surface area contributed by atoms with Crippen molar-refractivity contribution in [2.75, 3.05) is 0 Å². The van der Waals surface area contributed by atoms with Gasteiger partial charge in [-0.1, -0.05) is 20.8 Å². The Hall–Kier alpha value is -1.16. The summed E-state index contributed by atoms with van der Waals surface area (Å²) in [6, 6.07) is 2.16. The molecule has 0 radical (unpaired) electrons. The number of nitrogens with zero attached hydrogens (tertiary/aromatic N) is 2. The predicted octanol–water partition coefficient (Wildman–Crippen LogP) is 4.35. The van der Waals surface area contributed by atoms with Crippen molar-refractivity contribution < 1.29 is 8.78 Å². The lowest BCUT2D eigenvalue weighted by molar-refractivity contribution is 0.365. The quantitative estimate of drug-likeness (QED) is 0.764. The molecule has 0 aliphatic rings. The second-order valence-corrected chi connectivity index (χ2v) is 5.52. The Morgan fingerprint density at radius 3 is 2.53 bits per heavy atom. The van der Waals surface area contributed by atoms with Crippen LogP contribution in [0.2, 0.25) is 0 Å². The minimum Gasteiger partial charge on any atom is -0.327 e. The van der Waals surface area contributed by atoms with Crippen LogP contribution in [0, 0.1) is 23.5 Å². The number of aromatic nitrogens is 2. The fourth-order valence-corrected chi connectivity index (χ4v) is 2.21. The maximum Gasteiger partial charge on any atom is 0.153 e. The highest BCUT2D eigenvalue weighted by Gasteiger charge is 2.17. The average Bonchev–Trinajstić information content (AvgIpc) is 2.67. The molecular formula is C14H17ClF2N2. The number of hydrogen-bond acceptors (Lipinski definition) is 1. The highest BCUT2D eigenvalue weighted by molar-refractivity contribution is 6.16. The lowest BCUT2D eigenvalue weighted by atomic mass is 9.98. The van der Waals surface area contributed by atoms with Crippen LogP contribution >= 0.6 is 11.6 Å².